The second kappa shape index (κ2) is 11.8. The van der Waals surface area contributed by atoms with Gasteiger partial charge in [-0.3, -0.25) is 0 Å². The highest BCUT2D eigenvalue weighted by Crippen LogP contribution is 2.53. The second-order valence-corrected chi connectivity index (χ2v) is 15.2. The van der Waals surface area contributed by atoms with E-state index in [9.17, 15) is 0 Å². The van der Waals surface area contributed by atoms with Crippen molar-refractivity contribution in [3.63, 3.8) is 0 Å². The van der Waals surface area contributed by atoms with E-state index in [2.05, 4.69) is 205 Å². The quantitative estimate of drug-likeness (QED) is 0.173. The fourth-order valence-electron chi connectivity index (χ4n) is 10.0. The first-order chi connectivity index (χ1) is 27.3. The lowest BCUT2D eigenvalue weighted by atomic mass is 9.88. The molecule has 256 valence electrons. The van der Waals surface area contributed by atoms with Crippen LogP contribution < -0.4 is 0 Å². The SMILES string of the molecule is c1ccc(C2c3ccccc3-c3cc(-c4ccc5c(c4)c4ccc6c(c4n5-c4cccc5ccccc45)C(c4ccccc4)c4ccccc4-6)ccc32)cc1. The fourth-order valence-corrected chi connectivity index (χ4v) is 10.0. The van der Waals surface area contributed by atoms with Gasteiger partial charge in [-0.25, -0.2) is 0 Å². The average Bonchev–Trinajstić information content (AvgIpc) is 3.89. The summed E-state index contributed by atoms with van der Waals surface area (Å²) in [7, 11) is 0. The van der Waals surface area contributed by atoms with Crippen LogP contribution in [0.4, 0.5) is 0 Å². The van der Waals surface area contributed by atoms with Gasteiger partial charge in [-0.2, -0.15) is 0 Å². The van der Waals surface area contributed by atoms with Crippen LogP contribution in [0.2, 0.25) is 0 Å². The van der Waals surface area contributed by atoms with Crippen molar-refractivity contribution in [1.82, 2.24) is 4.57 Å². The van der Waals surface area contributed by atoms with Gasteiger partial charge in [0, 0.05) is 28.0 Å². The van der Waals surface area contributed by atoms with Gasteiger partial charge in [0.05, 0.1) is 16.7 Å². The Hall–Kier alpha value is -6.96. The van der Waals surface area contributed by atoms with Crippen molar-refractivity contribution in [2.75, 3.05) is 0 Å². The summed E-state index contributed by atoms with van der Waals surface area (Å²) in [5.41, 5.74) is 19.7. The van der Waals surface area contributed by atoms with E-state index in [0.717, 1.165) is 0 Å². The van der Waals surface area contributed by atoms with Crippen LogP contribution in [0.25, 0.3) is 71.6 Å². The molecule has 1 heteroatoms. The molecule has 10 aromatic rings. The van der Waals surface area contributed by atoms with Gasteiger partial charge >= 0.3 is 0 Å². The molecular formula is C54H35N. The van der Waals surface area contributed by atoms with Crippen LogP contribution in [-0.2, 0) is 0 Å². The first-order valence-electron chi connectivity index (χ1n) is 19.3. The summed E-state index contributed by atoms with van der Waals surface area (Å²) in [5, 5.41) is 5.05. The molecule has 0 aliphatic heterocycles. The Labute approximate surface area is 320 Å². The van der Waals surface area contributed by atoms with Crippen molar-refractivity contribution >= 4 is 32.6 Å². The summed E-state index contributed by atoms with van der Waals surface area (Å²) in [6.07, 6.45) is 0. The van der Waals surface area contributed by atoms with Crippen molar-refractivity contribution in [2.24, 2.45) is 0 Å². The van der Waals surface area contributed by atoms with Crippen molar-refractivity contribution < 1.29 is 0 Å². The Morgan fingerprint density at radius 3 is 1.75 bits per heavy atom. The molecule has 0 radical (unpaired) electrons. The second-order valence-electron chi connectivity index (χ2n) is 15.2. The van der Waals surface area contributed by atoms with E-state index in [1.165, 1.54) is 105 Å². The van der Waals surface area contributed by atoms with Crippen molar-refractivity contribution in [2.45, 2.75) is 11.8 Å². The molecule has 12 rings (SSSR count). The molecule has 1 nitrogen and oxygen atoms in total. The third kappa shape index (κ3) is 4.41. The lowest BCUT2D eigenvalue weighted by molar-refractivity contribution is 1.01. The molecule has 9 aromatic carbocycles. The number of hydrogen-bond donors (Lipinski definition) is 0. The number of aromatic nitrogens is 1. The lowest BCUT2D eigenvalue weighted by Crippen LogP contribution is -2.03. The Morgan fingerprint density at radius 1 is 0.345 bits per heavy atom. The first kappa shape index (κ1) is 30.5. The summed E-state index contributed by atoms with van der Waals surface area (Å²) >= 11 is 0. The molecule has 1 aromatic heterocycles. The molecular weight excluding hydrogens is 663 g/mol. The summed E-state index contributed by atoms with van der Waals surface area (Å²) in [4.78, 5) is 0. The van der Waals surface area contributed by atoms with Crippen LogP contribution in [0.5, 0.6) is 0 Å². The van der Waals surface area contributed by atoms with E-state index < -0.39 is 0 Å². The maximum Gasteiger partial charge on any atom is 0.0589 e. The van der Waals surface area contributed by atoms with Gasteiger partial charge in [0.15, 0.2) is 0 Å². The maximum absolute atomic E-state index is 2.57. The van der Waals surface area contributed by atoms with Crippen LogP contribution in [0.3, 0.4) is 0 Å². The summed E-state index contributed by atoms with van der Waals surface area (Å²) < 4.78 is 2.57. The zero-order valence-electron chi connectivity index (χ0n) is 30.2. The van der Waals surface area contributed by atoms with Crippen molar-refractivity contribution in [1.29, 1.82) is 0 Å². The minimum atomic E-state index is 0.128. The number of hydrogen-bond acceptors (Lipinski definition) is 0. The number of nitrogens with zero attached hydrogens (tertiary/aromatic N) is 1. The third-order valence-corrected chi connectivity index (χ3v) is 12.4. The van der Waals surface area contributed by atoms with Crippen LogP contribution in [0.15, 0.2) is 200 Å². The molecule has 2 aliphatic rings. The van der Waals surface area contributed by atoms with Crippen molar-refractivity contribution in [3.8, 4) is 39.1 Å². The third-order valence-electron chi connectivity index (χ3n) is 12.4. The largest absolute Gasteiger partial charge is 0.308 e. The van der Waals surface area contributed by atoms with E-state index in [-0.39, 0.29) is 11.8 Å². The monoisotopic (exact) mass is 697 g/mol. The number of fused-ring (bicyclic) bond motifs is 11. The van der Waals surface area contributed by atoms with E-state index >= 15 is 0 Å². The van der Waals surface area contributed by atoms with Crippen LogP contribution in [0, 0.1) is 0 Å². The van der Waals surface area contributed by atoms with E-state index in [4.69, 9.17) is 0 Å². The normalized spacial score (nSPS) is 15.3. The van der Waals surface area contributed by atoms with E-state index in [1.807, 2.05) is 0 Å². The average molecular weight is 698 g/mol. The molecule has 1 heterocycles. The molecule has 0 spiro atoms. The van der Waals surface area contributed by atoms with Gasteiger partial charge in [0.25, 0.3) is 0 Å². The molecule has 0 saturated carbocycles. The van der Waals surface area contributed by atoms with Gasteiger partial charge in [0.2, 0.25) is 0 Å². The summed E-state index contributed by atoms with van der Waals surface area (Å²) in [6, 6.07) is 74.6. The maximum atomic E-state index is 2.57. The van der Waals surface area contributed by atoms with Crippen molar-refractivity contribution in [3.05, 3.63) is 234 Å². The number of rotatable bonds is 4. The molecule has 2 atom stereocenters. The molecule has 0 saturated heterocycles. The van der Waals surface area contributed by atoms with Gasteiger partial charge < -0.3 is 4.57 Å². The molecule has 0 N–H and O–H groups in total. The van der Waals surface area contributed by atoms with Gasteiger partial charge in [-0.15, -0.1) is 0 Å². The topological polar surface area (TPSA) is 4.93 Å². The highest BCUT2D eigenvalue weighted by Gasteiger charge is 2.34. The molecule has 0 bridgehead atoms. The fraction of sp³-hybridized carbons (Fsp3) is 0.0370. The highest BCUT2D eigenvalue weighted by atomic mass is 15.0. The molecule has 2 unspecified atom stereocenters. The van der Waals surface area contributed by atoms with Crippen LogP contribution in [0.1, 0.15) is 45.2 Å². The predicted octanol–water partition coefficient (Wildman–Crippen LogP) is 13.9. The summed E-state index contributed by atoms with van der Waals surface area (Å²) in [5.74, 6) is 0.370. The smallest absolute Gasteiger partial charge is 0.0589 e. The van der Waals surface area contributed by atoms with E-state index in [0.29, 0.717) is 0 Å². The van der Waals surface area contributed by atoms with Gasteiger partial charge in [0.1, 0.15) is 0 Å². The van der Waals surface area contributed by atoms with Crippen LogP contribution in [-0.4, -0.2) is 4.57 Å². The molecule has 0 amide bonds. The zero-order valence-corrected chi connectivity index (χ0v) is 30.2. The molecule has 2 aliphatic carbocycles. The minimum absolute atomic E-state index is 0.128. The molecule has 55 heavy (non-hydrogen) atoms. The Morgan fingerprint density at radius 2 is 0.945 bits per heavy atom. The summed E-state index contributed by atoms with van der Waals surface area (Å²) in [6.45, 7) is 0. The molecule has 0 fully saturated rings. The first-order valence-corrected chi connectivity index (χ1v) is 19.3. The Bertz CT molecular complexity index is 3140. The lowest BCUT2D eigenvalue weighted by Gasteiger charge is -2.18. The minimum Gasteiger partial charge on any atom is -0.308 e. The van der Waals surface area contributed by atoms with Crippen LogP contribution >= 0.6 is 0 Å². The number of benzene rings is 9. The predicted molar refractivity (Wildman–Crippen MR) is 229 cm³/mol. The standard InChI is InChI=1S/C54H35N/c1-3-15-35(16-4-1)51-42-23-11-10-22-41(42)47-32-37(26-28-45(47)51)38-27-31-50-48(33-38)46-30-29-44-40-21-9-12-24-43(40)52(36-17-5-2-6-18-36)53(44)54(46)55(50)49-25-13-19-34-14-7-8-20-39(34)49/h1-33,51-52H. The zero-order chi connectivity index (χ0) is 36.0. The Balaban J connectivity index is 1.13. The van der Waals surface area contributed by atoms with Gasteiger partial charge in [-0.1, -0.05) is 176 Å². The van der Waals surface area contributed by atoms with E-state index in [1.54, 1.807) is 0 Å². The Kier molecular flexibility index (Phi) is 6.53. The highest BCUT2D eigenvalue weighted by molar-refractivity contribution is 6.15. The van der Waals surface area contributed by atoms with Gasteiger partial charge in [-0.05, 0) is 96.4 Å².